The molecule has 2 amide bonds. The first-order valence-electron chi connectivity index (χ1n) is 9.41. The monoisotopic (exact) mass is 398 g/mol. The van der Waals surface area contributed by atoms with Crippen molar-refractivity contribution in [2.45, 2.75) is 24.8 Å². The average Bonchev–Trinajstić information content (AvgIpc) is 2.73. The molecule has 2 heterocycles. The number of amides is 2. The number of thioether (sulfide) groups is 1. The van der Waals surface area contributed by atoms with Gasteiger partial charge in [0.15, 0.2) is 0 Å². The summed E-state index contributed by atoms with van der Waals surface area (Å²) >= 11 is 1.69. The molecule has 0 saturated carbocycles. The summed E-state index contributed by atoms with van der Waals surface area (Å²) in [6.07, 6.45) is 4.17. The van der Waals surface area contributed by atoms with E-state index >= 15 is 0 Å². The highest BCUT2D eigenvalue weighted by Crippen LogP contribution is 2.19. The van der Waals surface area contributed by atoms with Gasteiger partial charge in [-0.05, 0) is 30.0 Å². The normalized spacial score (nSPS) is 14.1. The lowest BCUT2D eigenvalue weighted by molar-refractivity contribution is -0.129. The van der Waals surface area contributed by atoms with Gasteiger partial charge in [0.1, 0.15) is 5.82 Å². The van der Waals surface area contributed by atoms with Crippen LogP contribution >= 0.6 is 11.8 Å². The summed E-state index contributed by atoms with van der Waals surface area (Å²) in [5, 5.41) is 3.01. The fraction of sp³-hybridized carbons (Fsp3) is 0.381. The summed E-state index contributed by atoms with van der Waals surface area (Å²) in [4.78, 5) is 33.6. The minimum atomic E-state index is -0.00639. The van der Waals surface area contributed by atoms with Gasteiger partial charge in [0, 0.05) is 56.3 Å². The Morgan fingerprint density at radius 2 is 1.82 bits per heavy atom. The molecule has 0 aliphatic carbocycles. The number of aromatic nitrogens is 1. The van der Waals surface area contributed by atoms with Crippen LogP contribution in [-0.4, -0.2) is 54.1 Å². The zero-order valence-corrected chi connectivity index (χ0v) is 17.2. The van der Waals surface area contributed by atoms with Gasteiger partial charge in [-0.2, -0.15) is 0 Å². The van der Waals surface area contributed by atoms with E-state index in [1.807, 2.05) is 47.6 Å². The third-order valence-electron chi connectivity index (χ3n) is 4.89. The molecule has 0 radical (unpaired) electrons. The van der Waals surface area contributed by atoms with Crippen molar-refractivity contribution in [1.29, 1.82) is 0 Å². The van der Waals surface area contributed by atoms with Gasteiger partial charge in [-0.3, -0.25) is 9.59 Å². The second-order valence-electron chi connectivity index (χ2n) is 6.78. The van der Waals surface area contributed by atoms with E-state index in [0.29, 0.717) is 26.1 Å². The molecule has 7 heteroatoms. The Kier molecular flexibility index (Phi) is 6.92. The summed E-state index contributed by atoms with van der Waals surface area (Å²) in [5.41, 5.74) is 1.99. The van der Waals surface area contributed by atoms with Gasteiger partial charge < -0.3 is 15.1 Å². The molecule has 148 valence electrons. The molecular weight excluding hydrogens is 372 g/mol. The molecule has 1 aliphatic heterocycles. The van der Waals surface area contributed by atoms with Crippen LogP contribution in [0.25, 0.3) is 0 Å². The topological polar surface area (TPSA) is 65.5 Å². The Hall–Kier alpha value is -2.54. The largest absolute Gasteiger partial charge is 0.353 e. The maximum atomic E-state index is 12.4. The molecule has 1 aliphatic rings. The molecule has 6 nitrogen and oxygen atoms in total. The van der Waals surface area contributed by atoms with E-state index in [4.69, 9.17) is 0 Å². The van der Waals surface area contributed by atoms with Crippen molar-refractivity contribution in [3.05, 3.63) is 53.7 Å². The van der Waals surface area contributed by atoms with Crippen LogP contribution in [0.4, 0.5) is 5.82 Å². The first kappa shape index (κ1) is 20.2. The second kappa shape index (κ2) is 9.59. The van der Waals surface area contributed by atoms with E-state index in [9.17, 15) is 9.59 Å². The highest BCUT2D eigenvalue weighted by molar-refractivity contribution is 7.98. The van der Waals surface area contributed by atoms with Gasteiger partial charge in [-0.15, -0.1) is 11.8 Å². The SMILES string of the molecule is CSc1ccc(CC(=O)NCc2cccnc2N2CCN(C(C)=O)CC2)cc1. The fourth-order valence-electron chi connectivity index (χ4n) is 3.27. The lowest BCUT2D eigenvalue weighted by atomic mass is 10.1. The molecule has 1 fully saturated rings. The van der Waals surface area contributed by atoms with Crippen molar-refractivity contribution in [3.63, 3.8) is 0 Å². The number of benzene rings is 1. The fourth-order valence-corrected chi connectivity index (χ4v) is 3.68. The van der Waals surface area contributed by atoms with Crippen molar-refractivity contribution in [2.75, 3.05) is 37.3 Å². The van der Waals surface area contributed by atoms with Crippen molar-refractivity contribution < 1.29 is 9.59 Å². The number of nitrogens with one attached hydrogen (secondary N) is 1. The maximum absolute atomic E-state index is 12.4. The Morgan fingerprint density at radius 1 is 1.11 bits per heavy atom. The summed E-state index contributed by atoms with van der Waals surface area (Å²) in [6, 6.07) is 11.9. The Morgan fingerprint density at radius 3 is 2.46 bits per heavy atom. The zero-order valence-electron chi connectivity index (χ0n) is 16.4. The molecule has 0 atom stereocenters. The standard InChI is InChI=1S/C21H26N4O2S/c1-16(26)24-10-12-25(13-11-24)21-18(4-3-9-22-21)15-23-20(27)14-17-5-7-19(28-2)8-6-17/h3-9H,10-15H2,1-2H3,(H,23,27). The maximum Gasteiger partial charge on any atom is 0.224 e. The molecular formula is C21H26N4O2S. The van der Waals surface area contributed by atoms with E-state index in [0.717, 1.165) is 30.0 Å². The van der Waals surface area contributed by atoms with Crippen LogP contribution < -0.4 is 10.2 Å². The number of nitrogens with zero attached hydrogens (tertiary/aromatic N) is 3. The average molecular weight is 399 g/mol. The highest BCUT2D eigenvalue weighted by Gasteiger charge is 2.21. The molecule has 2 aromatic rings. The minimum absolute atomic E-state index is 0.00639. The van der Waals surface area contributed by atoms with Gasteiger partial charge >= 0.3 is 0 Å². The Balaban J connectivity index is 1.57. The molecule has 1 saturated heterocycles. The lowest BCUT2D eigenvalue weighted by Crippen LogP contribution is -2.48. The molecule has 1 aromatic carbocycles. The highest BCUT2D eigenvalue weighted by atomic mass is 32.2. The molecule has 1 N–H and O–H groups in total. The van der Waals surface area contributed by atoms with Crippen molar-refractivity contribution >= 4 is 29.4 Å². The van der Waals surface area contributed by atoms with Gasteiger partial charge in [-0.1, -0.05) is 18.2 Å². The molecule has 1 aromatic heterocycles. The molecule has 0 spiro atoms. The van der Waals surface area contributed by atoms with E-state index < -0.39 is 0 Å². The van der Waals surface area contributed by atoms with Crippen LogP contribution in [0.15, 0.2) is 47.5 Å². The molecule has 0 bridgehead atoms. The number of anilines is 1. The number of hydrogen-bond donors (Lipinski definition) is 1. The summed E-state index contributed by atoms with van der Waals surface area (Å²) < 4.78 is 0. The van der Waals surface area contributed by atoms with Crippen molar-refractivity contribution in [2.24, 2.45) is 0 Å². The third kappa shape index (κ3) is 5.25. The molecule has 28 heavy (non-hydrogen) atoms. The van der Waals surface area contributed by atoms with E-state index in [1.54, 1.807) is 24.9 Å². The number of pyridine rings is 1. The van der Waals surface area contributed by atoms with Crippen LogP contribution in [0.5, 0.6) is 0 Å². The number of rotatable bonds is 6. The van der Waals surface area contributed by atoms with Gasteiger partial charge in [0.25, 0.3) is 0 Å². The van der Waals surface area contributed by atoms with E-state index in [1.165, 1.54) is 4.90 Å². The van der Waals surface area contributed by atoms with Crippen molar-refractivity contribution in [3.8, 4) is 0 Å². The van der Waals surface area contributed by atoms with Crippen molar-refractivity contribution in [1.82, 2.24) is 15.2 Å². The second-order valence-corrected chi connectivity index (χ2v) is 7.66. The van der Waals surface area contributed by atoms with Crippen LogP contribution in [0, 0.1) is 0 Å². The van der Waals surface area contributed by atoms with E-state index in [-0.39, 0.29) is 11.8 Å². The molecule has 0 unspecified atom stereocenters. The van der Waals surface area contributed by atoms with Crippen LogP contribution in [0.3, 0.4) is 0 Å². The Bertz CT molecular complexity index is 817. The third-order valence-corrected chi connectivity index (χ3v) is 5.64. The number of carbonyl (C=O) groups is 2. The summed E-state index contributed by atoms with van der Waals surface area (Å²) in [7, 11) is 0. The number of carbonyl (C=O) groups excluding carboxylic acids is 2. The quantitative estimate of drug-likeness (QED) is 0.757. The first-order valence-corrected chi connectivity index (χ1v) is 10.6. The van der Waals surface area contributed by atoms with Crippen LogP contribution in [0.2, 0.25) is 0 Å². The predicted molar refractivity (Wildman–Crippen MR) is 112 cm³/mol. The van der Waals surface area contributed by atoms with Gasteiger partial charge in [-0.25, -0.2) is 4.98 Å². The molecule has 3 rings (SSSR count). The first-order chi connectivity index (χ1) is 13.6. The smallest absolute Gasteiger partial charge is 0.224 e. The summed E-state index contributed by atoms with van der Waals surface area (Å²) in [5.74, 6) is 0.988. The van der Waals surface area contributed by atoms with Crippen LogP contribution in [-0.2, 0) is 22.6 Å². The minimum Gasteiger partial charge on any atom is -0.353 e. The zero-order chi connectivity index (χ0) is 19.9. The van der Waals surface area contributed by atoms with Gasteiger partial charge in [0.2, 0.25) is 11.8 Å². The summed E-state index contributed by atoms with van der Waals surface area (Å²) in [6.45, 7) is 4.94. The number of piperazine rings is 1. The lowest BCUT2D eigenvalue weighted by Gasteiger charge is -2.35. The predicted octanol–water partition coefficient (Wildman–Crippen LogP) is 2.33. The van der Waals surface area contributed by atoms with Crippen LogP contribution in [0.1, 0.15) is 18.1 Å². The van der Waals surface area contributed by atoms with E-state index in [2.05, 4.69) is 15.2 Å². The number of hydrogen-bond acceptors (Lipinski definition) is 5. The Labute approximate surface area is 170 Å². The van der Waals surface area contributed by atoms with Gasteiger partial charge in [0.05, 0.1) is 6.42 Å².